The smallest absolute Gasteiger partial charge is 0.392 e. The summed E-state index contributed by atoms with van der Waals surface area (Å²) in [7, 11) is 0. The molecule has 1 aliphatic rings. The Morgan fingerprint density at radius 3 is 2.74 bits per heavy atom. The number of rotatable bonds is 4. The highest BCUT2D eigenvalue weighted by Gasteiger charge is 2.47. The van der Waals surface area contributed by atoms with Crippen molar-refractivity contribution in [3.63, 3.8) is 0 Å². The molecule has 1 heterocycles. The largest absolute Gasteiger partial charge is 0.445 e. The minimum absolute atomic E-state index is 0.186. The van der Waals surface area contributed by atoms with Crippen LogP contribution in [0.3, 0.4) is 0 Å². The molecule has 0 N–H and O–H groups in total. The number of nitrogens with zero attached hydrogens (tertiary/aromatic N) is 1. The predicted molar refractivity (Wildman–Crippen MR) is 66.3 cm³/mol. The molecular formula is C13H17ClF3NO. The first kappa shape index (κ1) is 14.7. The number of halogens is 4. The van der Waals surface area contributed by atoms with Crippen molar-refractivity contribution in [2.24, 2.45) is 5.92 Å². The lowest BCUT2D eigenvalue weighted by Crippen LogP contribution is -2.31. The van der Waals surface area contributed by atoms with E-state index in [1.54, 1.807) is 0 Å². The Morgan fingerprint density at radius 2 is 2.05 bits per heavy atom. The Morgan fingerprint density at radius 1 is 1.32 bits per heavy atom. The number of aromatic nitrogens is 1. The van der Waals surface area contributed by atoms with Gasteiger partial charge < -0.3 is 4.42 Å². The second kappa shape index (κ2) is 6.16. The van der Waals surface area contributed by atoms with Crippen LogP contribution in [0.25, 0.3) is 0 Å². The van der Waals surface area contributed by atoms with Gasteiger partial charge in [-0.05, 0) is 19.3 Å². The number of oxazole rings is 1. The molecule has 19 heavy (non-hydrogen) atoms. The summed E-state index contributed by atoms with van der Waals surface area (Å²) in [5.41, 5.74) is 0. The van der Waals surface area contributed by atoms with Crippen molar-refractivity contribution in [1.82, 2.24) is 4.98 Å². The van der Waals surface area contributed by atoms with Crippen molar-refractivity contribution in [3.8, 4) is 0 Å². The van der Waals surface area contributed by atoms with Crippen LogP contribution in [0, 0.1) is 5.92 Å². The van der Waals surface area contributed by atoms with E-state index in [0.29, 0.717) is 36.8 Å². The van der Waals surface area contributed by atoms with E-state index in [4.69, 9.17) is 16.0 Å². The van der Waals surface area contributed by atoms with E-state index in [2.05, 4.69) is 4.98 Å². The van der Waals surface area contributed by atoms with Crippen molar-refractivity contribution in [2.45, 2.75) is 50.6 Å². The van der Waals surface area contributed by atoms with Crippen LogP contribution in [0.5, 0.6) is 0 Å². The van der Waals surface area contributed by atoms with Crippen LogP contribution in [0.1, 0.15) is 49.7 Å². The van der Waals surface area contributed by atoms with Gasteiger partial charge in [0.15, 0.2) is 5.89 Å². The molecular weight excluding hydrogens is 279 g/mol. The molecule has 1 aromatic heterocycles. The summed E-state index contributed by atoms with van der Waals surface area (Å²) in [6.45, 7) is 0. The molecule has 0 aliphatic heterocycles. The lowest BCUT2D eigenvalue weighted by molar-refractivity contribution is -0.188. The van der Waals surface area contributed by atoms with Crippen LogP contribution in [0.15, 0.2) is 10.6 Å². The number of aryl methyl sites for hydroxylation is 1. The van der Waals surface area contributed by atoms with Crippen molar-refractivity contribution in [2.75, 3.05) is 5.88 Å². The Labute approximate surface area is 115 Å². The van der Waals surface area contributed by atoms with Gasteiger partial charge in [0.25, 0.3) is 0 Å². The Balaban J connectivity index is 2.11. The fourth-order valence-electron chi connectivity index (χ4n) is 2.69. The second-order valence-electron chi connectivity index (χ2n) is 4.99. The van der Waals surface area contributed by atoms with Crippen molar-refractivity contribution in [3.05, 3.63) is 17.8 Å². The second-order valence-corrected chi connectivity index (χ2v) is 5.37. The van der Waals surface area contributed by atoms with E-state index in [-0.39, 0.29) is 6.42 Å². The van der Waals surface area contributed by atoms with Gasteiger partial charge in [0, 0.05) is 18.2 Å². The van der Waals surface area contributed by atoms with Gasteiger partial charge in [-0.15, -0.1) is 11.6 Å². The first-order chi connectivity index (χ1) is 9.02. The SMILES string of the molecule is FC(F)(F)C1CCCCC1c1cnc(CCCCl)o1. The van der Waals surface area contributed by atoms with E-state index in [1.807, 2.05) is 0 Å². The van der Waals surface area contributed by atoms with Gasteiger partial charge in [-0.2, -0.15) is 13.2 Å². The van der Waals surface area contributed by atoms with Gasteiger partial charge >= 0.3 is 6.18 Å². The Bertz CT molecular complexity index is 405. The van der Waals surface area contributed by atoms with Crippen LogP contribution in [-0.2, 0) is 6.42 Å². The lowest BCUT2D eigenvalue weighted by atomic mass is 9.77. The zero-order valence-electron chi connectivity index (χ0n) is 10.5. The molecule has 108 valence electrons. The maximum absolute atomic E-state index is 13.0. The summed E-state index contributed by atoms with van der Waals surface area (Å²) in [4.78, 5) is 4.05. The van der Waals surface area contributed by atoms with Crippen molar-refractivity contribution < 1.29 is 17.6 Å². The fourth-order valence-corrected chi connectivity index (χ4v) is 2.83. The summed E-state index contributed by atoms with van der Waals surface area (Å²) in [6, 6.07) is 0. The zero-order chi connectivity index (χ0) is 13.9. The summed E-state index contributed by atoms with van der Waals surface area (Å²) in [5, 5.41) is 0. The van der Waals surface area contributed by atoms with Crippen molar-refractivity contribution in [1.29, 1.82) is 0 Å². The van der Waals surface area contributed by atoms with Crippen LogP contribution in [0.2, 0.25) is 0 Å². The third-order valence-electron chi connectivity index (χ3n) is 3.65. The monoisotopic (exact) mass is 295 g/mol. The van der Waals surface area contributed by atoms with Gasteiger partial charge in [-0.25, -0.2) is 4.98 Å². The standard InChI is InChI=1S/C13H17ClF3NO/c14-7-3-6-12-18-8-11(19-12)9-4-1-2-5-10(9)13(15,16)17/h8-10H,1-7H2. The average Bonchev–Trinajstić information content (AvgIpc) is 2.84. The normalized spacial score (nSPS) is 24.6. The molecule has 0 amide bonds. The van der Waals surface area contributed by atoms with E-state index < -0.39 is 18.0 Å². The van der Waals surface area contributed by atoms with Gasteiger partial charge in [-0.3, -0.25) is 0 Å². The molecule has 1 aromatic rings. The lowest BCUT2D eigenvalue weighted by Gasteiger charge is -2.31. The Kier molecular flexibility index (Phi) is 4.76. The molecule has 2 unspecified atom stereocenters. The van der Waals surface area contributed by atoms with E-state index in [0.717, 1.165) is 12.8 Å². The summed E-state index contributed by atoms with van der Waals surface area (Å²) in [5.74, 6) is -0.512. The van der Waals surface area contributed by atoms with Crippen LogP contribution < -0.4 is 0 Å². The first-order valence-corrected chi connectivity index (χ1v) is 7.13. The van der Waals surface area contributed by atoms with E-state index >= 15 is 0 Å². The zero-order valence-corrected chi connectivity index (χ0v) is 11.3. The predicted octanol–water partition coefficient (Wildman–Crippen LogP) is 4.68. The molecule has 0 saturated heterocycles. The molecule has 2 rings (SSSR count). The van der Waals surface area contributed by atoms with E-state index in [1.165, 1.54) is 6.20 Å². The maximum atomic E-state index is 13.0. The molecule has 6 heteroatoms. The molecule has 1 fully saturated rings. The number of hydrogen-bond donors (Lipinski definition) is 0. The molecule has 2 nitrogen and oxygen atoms in total. The van der Waals surface area contributed by atoms with Gasteiger partial charge in [0.05, 0.1) is 12.1 Å². The molecule has 0 spiro atoms. The molecule has 0 bridgehead atoms. The molecule has 0 aromatic carbocycles. The third-order valence-corrected chi connectivity index (χ3v) is 3.91. The highest BCUT2D eigenvalue weighted by molar-refractivity contribution is 6.17. The van der Waals surface area contributed by atoms with Crippen LogP contribution in [0.4, 0.5) is 13.2 Å². The molecule has 1 saturated carbocycles. The molecule has 2 atom stereocenters. The van der Waals surface area contributed by atoms with E-state index in [9.17, 15) is 13.2 Å². The third kappa shape index (κ3) is 3.65. The van der Waals surface area contributed by atoms with Gasteiger partial charge in [0.2, 0.25) is 0 Å². The van der Waals surface area contributed by atoms with Crippen molar-refractivity contribution >= 4 is 11.6 Å². The maximum Gasteiger partial charge on any atom is 0.392 e. The quantitative estimate of drug-likeness (QED) is 0.754. The average molecular weight is 296 g/mol. The Hall–Kier alpha value is -0.710. The molecule has 0 radical (unpaired) electrons. The topological polar surface area (TPSA) is 26.0 Å². The van der Waals surface area contributed by atoms with Crippen LogP contribution >= 0.6 is 11.6 Å². The summed E-state index contributed by atoms with van der Waals surface area (Å²) < 4.78 is 44.5. The highest BCUT2D eigenvalue weighted by atomic mass is 35.5. The number of alkyl halides is 4. The minimum Gasteiger partial charge on any atom is -0.445 e. The first-order valence-electron chi connectivity index (χ1n) is 6.59. The summed E-state index contributed by atoms with van der Waals surface area (Å²) in [6.07, 6.45) is 0.747. The fraction of sp³-hybridized carbons (Fsp3) is 0.769. The summed E-state index contributed by atoms with van der Waals surface area (Å²) >= 11 is 5.57. The van der Waals surface area contributed by atoms with Gasteiger partial charge in [-0.1, -0.05) is 12.8 Å². The molecule has 1 aliphatic carbocycles. The highest BCUT2D eigenvalue weighted by Crippen LogP contribution is 2.46. The minimum atomic E-state index is -4.16. The number of hydrogen-bond acceptors (Lipinski definition) is 2. The van der Waals surface area contributed by atoms with Crippen LogP contribution in [-0.4, -0.2) is 17.0 Å². The van der Waals surface area contributed by atoms with Gasteiger partial charge in [0.1, 0.15) is 5.76 Å².